The molecule has 0 fully saturated rings. The van der Waals surface area contributed by atoms with Gasteiger partial charge in [0.05, 0.1) is 0 Å². The van der Waals surface area contributed by atoms with Crippen LogP contribution in [-0.4, -0.2) is 6.54 Å². The van der Waals surface area contributed by atoms with Crippen LogP contribution in [0.2, 0.25) is 0 Å². The van der Waals surface area contributed by atoms with E-state index in [1.165, 1.54) is 0 Å². The second kappa shape index (κ2) is 3.63. The lowest BCUT2D eigenvalue weighted by Crippen LogP contribution is -2.42. The smallest absolute Gasteiger partial charge is 0.153 e. The zero-order chi connectivity index (χ0) is 11.0. The lowest BCUT2D eigenvalue weighted by molar-refractivity contribution is 0.0347. The predicted molar refractivity (Wildman–Crippen MR) is 60.4 cm³/mol. The lowest BCUT2D eigenvalue weighted by atomic mass is 9.74. The van der Waals surface area contributed by atoms with Crippen LogP contribution in [0.15, 0.2) is 11.4 Å². The van der Waals surface area contributed by atoms with Crippen molar-refractivity contribution in [3.05, 3.63) is 21.9 Å². The van der Waals surface area contributed by atoms with Crippen LogP contribution in [0.25, 0.3) is 0 Å². The minimum Gasteiger partial charge on any atom is -0.327 e. The average molecular weight is 215 g/mol. The fraction of sp³-hybridized carbons (Fsp3) is 0.636. The van der Waals surface area contributed by atoms with Gasteiger partial charge in [-0.15, -0.1) is 11.3 Å². The minimum atomic E-state index is -1.42. The molecule has 0 aliphatic rings. The monoisotopic (exact) mass is 215 g/mol. The van der Waals surface area contributed by atoms with E-state index in [4.69, 9.17) is 5.73 Å². The molecule has 1 aromatic heterocycles. The van der Waals surface area contributed by atoms with Crippen molar-refractivity contribution in [2.45, 2.75) is 33.4 Å². The number of alkyl halides is 1. The van der Waals surface area contributed by atoms with Crippen LogP contribution in [0.4, 0.5) is 4.39 Å². The third-order valence-corrected chi connectivity index (χ3v) is 3.52. The Morgan fingerprint density at radius 3 is 2.29 bits per heavy atom. The van der Waals surface area contributed by atoms with Gasteiger partial charge < -0.3 is 5.73 Å². The summed E-state index contributed by atoms with van der Waals surface area (Å²) >= 11 is 1.57. The molecule has 3 heteroatoms. The van der Waals surface area contributed by atoms with E-state index in [2.05, 4.69) is 0 Å². The summed E-state index contributed by atoms with van der Waals surface area (Å²) in [6.07, 6.45) is 0. The zero-order valence-corrected chi connectivity index (χ0v) is 10.0. The topological polar surface area (TPSA) is 26.0 Å². The van der Waals surface area contributed by atoms with Gasteiger partial charge in [-0.05, 0) is 18.4 Å². The highest BCUT2D eigenvalue weighted by atomic mass is 32.1. The van der Waals surface area contributed by atoms with Crippen molar-refractivity contribution in [3.63, 3.8) is 0 Å². The Morgan fingerprint density at radius 2 is 2.00 bits per heavy atom. The molecule has 0 bridgehead atoms. The van der Waals surface area contributed by atoms with E-state index in [9.17, 15) is 4.39 Å². The Hall–Kier alpha value is -0.410. The van der Waals surface area contributed by atoms with Crippen LogP contribution in [-0.2, 0) is 5.67 Å². The number of halogens is 1. The van der Waals surface area contributed by atoms with Gasteiger partial charge in [0, 0.05) is 22.4 Å². The normalized spacial score (nSPS) is 16.7. The van der Waals surface area contributed by atoms with Gasteiger partial charge in [0.1, 0.15) is 0 Å². The Kier molecular flexibility index (Phi) is 3.02. The van der Waals surface area contributed by atoms with Gasteiger partial charge in [-0.1, -0.05) is 20.8 Å². The van der Waals surface area contributed by atoms with Crippen molar-refractivity contribution >= 4 is 11.3 Å². The van der Waals surface area contributed by atoms with Crippen LogP contribution >= 0.6 is 11.3 Å². The van der Waals surface area contributed by atoms with Gasteiger partial charge in [0.25, 0.3) is 0 Å². The second-order valence-electron chi connectivity index (χ2n) is 4.70. The van der Waals surface area contributed by atoms with Crippen LogP contribution in [0.5, 0.6) is 0 Å². The van der Waals surface area contributed by atoms with Gasteiger partial charge in [-0.2, -0.15) is 0 Å². The molecule has 14 heavy (non-hydrogen) atoms. The predicted octanol–water partition coefficient (Wildman–Crippen LogP) is 3.23. The van der Waals surface area contributed by atoms with Gasteiger partial charge in [0.2, 0.25) is 0 Å². The minimum absolute atomic E-state index is 0.0344. The molecule has 0 radical (unpaired) electrons. The SMILES string of the molecule is Cc1cc(C(F)(CN)C(C)(C)C)cs1. The molecular weight excluding hydrogens is 197 g/mol. The standard InChI is InChI=1S/C11H18FNS/c1-8-5-9(6-14-8)11(12,7-13)10(2,3)4/h5-6H,7,13H2,1-4H3. The molecule has 0 amide bonds. The first-order chi connectivity index (χ1) is 6.31. The van der Waals surface area contributed by atoms with Crippen molar-refractivity contribution in [1.82, 2.24) is 0 Å². The van der Waals surface area contributed by atoms with E-state index >= 15 is 0 Å². The first-order valence-electron chi connectivity index (χ1n) is 4.76. The number of rotatable bonds is 2. The van der Waals surface area contributed by atoms with Crippen molar-refractivity contribution in [2.24, 2.45) is 11.1 Å². The highest BCUT2D eigenvalue weighted by molar-refractivity contribution is 7.10. The van der Waals surface area contributed by atoms with Gasteiger partial charge in [-0.25, -0.2) is 4.39 Å². The Labute approximate surface area is 89.1 Å². The fourth-order valence-electron chi connectivity index (χ4n) is 1.51. The maximum atomic E-state index is 14.7. The maximum Gasteiger partial charge on any atom is 0.153 e. The summed E-state index contributed by atoms with van der Waals surface area (Å²) < 4.78 is 14.7. The third-order valence-electron chi connectivity index (χ3n) is 2.66. The quantitative estimate of drug-likeness (QED) is 0.805. The summed E-state index contributed by atoms with van der Waals surface area (Å²) in [7, 11) is 0. The maximum absolute atomic E-state index is 14.7. The molecule has 0 saturated carbocycles. The molecular formula is C11H18FNS. The first kappa shape index (κ1) is 11.7. The van der Waals surface area contributed by atoms with Crippen LogP contribution in [0.1, 0.15) is 31.2 Å². The van der Waals surface area contributed by atoms with E-state index < -0.39 is 11.1 Å². The molecule has 1 rings (SSSR count). The largest absolute Gasteiger partial charge is 0.327 e. The number of nitrogens with two attached hydrogens (primary N) is 1. The summed E-state index contributed by atoms with van der Waals surface area (Å²) in [5.74, 6) is 0. The molecule has 0 aromatic carbocycles. The summed E-state index contributed by atoms with van der Waals surface area (Å²) in [5, 5.41) is 1.87. The lowest BCUT2D eigenvalue weighted by Gasteiger charge is -2.36. The Morgan fingerprint density at radius 1 is 1.43 bits per heavy atom. The molecule has 2 N–H and O–H groups in total. The third kappa shape index (κ3) is 1.84. The van der Waals surface area contributed by atoms with Crippen molar-refractivity contribution in [1.29, 1.82) is 0 Å². The molecule has 0 saturated heterocycles. The highest BCUT2D eigenvalue weighted by Gasteiger charge is 2.43. The molecule has 0 spiro atoms. The first-order valence-corrected chi connectivity index (χ1v) is 5.64. The molecule has 1 aromatic rings. The molecule has 1 heterocycles. The number of aryl methyl sites for hydroxylation is 1. The average Bonchev–Trinajstić information content (AvgIpc) is 2.48. The van der Waals surface area contributed by atoms with E-state index in [0.29, 0.717) is 0 Å². The molecule has 0 aliphatic heterocycles. The van der Waals surface area contributed by atoms with Gasteiger partial charge in [0.15, 0.2) is 5.67 Å². The Bertz CT molecular complexity index is 313. The van der Waals surface area contributed by atoms with E-state index in [1.54, 1.807) is 11.3 Å². The van der Waals surface area contributed by atoms with Crippen molar-refractivity contribution in [3.8, 4) is 0 Å². The Balaban J connectivity index is 3.14. The highest BCUT2D eigenvalue weighted by Crippen LogP contribution is 2.43. The number of thiophene rings is 1. The molecule has 1 nitrogen and oxygen atoms in total. The van der Waals surface area contributed by atoms with Crippen LogP contribution in [0, 0.1) is 12.3 Å². The second-order valence-corrected chi connectivity index (χ2v) is 5.82. The zero-order valence-electron chi connectivity index (χ0n) is 9.23. The fourth-order valence-corrected chi connectivity index (χ4v) is 2.27. The van der Waals surface area contributed by atoms with Gasteiger partial charge >= 0.3 is 0 Å². The van der Waals surface area contributed by atoms with Crippen molar-refractivity contribution in [2.75, 3.05) is 6.54 Å². The van der Waals surface area contributed by atoms with Crippen LogP contribution < -0.4 is 5.73 Å². The number of hydrogen-bond donors (Lipinski definition) is 1. The van der Waals surface area contributed by atoms with Crippen LogP contribution in [0.3, 0.4) is 0 Å². The van der Waals surface area contributed by atoms with E-state index in [1.807, 2.05) is 39.1 Å². The van der Waals surface area contributed by atoms with Crippen molar-refractivity contribution < 1.29 is 4.39 Å². The van der Waals surface area contributed by atoms with Gasteiger partial charge in [-0.3, -0.25) is 0 Å². The summed E-state index contributed by atoms with van der Waals surface area (Å²) in [6, 6.07) is 1.89. The van der Waals surface area contributed by atoms with E-state index in [-0.39, 0.29) is 6.54 Å². The van der Waals surface area contributed by atoms with E-state index in [0.717, 1.165) is 10.4 Å². The summed E-state index contributed by atoms with van der Waals surface area (Å²) in [5.41, 5.74) is 4.40. The molecule has 1 unspecified atom stereocenters. The molecule has 80 valence electrons. The summed E-state index contributed by atoms with van der Waals surface area (Å²) in [4.78, 5) is 1.12. The summed E-state index contributed by atoms with van der Waals surface area (Å²) in [6.45, 7) is 7.66. The molecule has 0 aliphatic carbocycles. The number of hydrogen-bond acceptors (Lipinski definition) is 2. The molecule has 1 atom stereocenters.